The standard InChI is InChI=1S/C15H14O3/c1-10-8-9-12(15(16)17)14(18-2)13(10)11-6-4-3-5-7-11/h3-9H,1-2H3,(H,16,17). The lowest BCUT2D eigenvalue weighted by molar-refractivity contribution is 0.0693. The van der Waals surface area contributed by atoms with Gasteiger partial charge in [-0.3, -0.25) is 0 Å². The average Bonchev–Trinajstić information content (AvgIpc) is 2.38. The molecule has 0 aliphatic carbocycles. The first-order valence-electron chi connectivity index (χ1n) is 5.61. The lowest BCUT2D eigenvalue weighted by Gasteiger charge is -2.14. The van der Waals surface area contributed by atoms with Gasteiger partial charge in [0, 0.05) is 5.56 Å². The zero-order valence-electron chi connectivity index (χ0n) is 10.3. The summed E-state index contributed by atoms with van der Waals surface area (Å²) in [6.07, 6.45) is 0. The molecule has 0 aliphatic rings. The number of methoxy groups -OCH3 is 1. The van der Waals surface area contributed by atoms with Crippen molar-refractivity contribution in [2.45, 2.75) is 6.92 Å². The fourth-order valence-corrected chi connectivity index (χ4v) is 2.03. The highest BCUT2D eigenvalue weighted by molar-refractivity contribution is 5.95. The van der Waals surface area contributed by atoms with E-state index in [0.717, 1.165) is 16.7 Å². The first kappa shape index (κ1) is 12.2. The van der Waals surface area contributed by atoms with Crippen LogP contribution in [0.15, 0.2) is 42.5 Å². The lowest BCUT2D eigenvalue weighted by Crippen LogP contribution is -2.03. The highest BCUT2D eigenvalue weighted by Crippen LogP contribution is 2.35. The van der Waals surface area contributed by atoms with Crippen LogP contribution in [-0.4, -0.2) is 18.2 Å². The summed E-state index contributed by atoms with van der Waals surface area (Å²) in [4.78, 5) is 11.2. The smallest absolute Gasteiger partial charge is 0.339 e. The van der Waals surface area contributed by atoms with Gasteiger partial charge >= 0.3 is 5.97 Å². The molecule has 0 saturated carbocycles. The van der Waals surface area contributed by atoms with Gasteiger partial charge in [-0.2, -0.15) is 0 Å². The number of benzene rings is 2. The molecule has 0 amide bonds. The number of carboxylic acids is 1. The molecule has 0 bridgehead atoms. The largest absolute Gasteiger partial charge is 0.495 e. The van der Waals surface area contributed by atoms with Gasteiger partial charge < -0.3 is 9.84 Å². The second kappa shape index (κ2) is 4.92. The fraction of sp³-hybridized carbons (Fsp3) is 0.133. The Labute approximate surface area is 106 Å². The number of carboxylic acid groups (broad SMARTS) is 1. The minimum absolute atomic E-state index is 0.182. The summed E-state index contributed by atoms with van der Waals surface area (Å²) in [5, 5.41) is 9.18. The van der Waals surface area contributed by atoms with E-state index in [0.29, 0.717) is 5.75 Å². The van der Waals surface area contributed by atoms with Crippen LogP contribution < -0.4 is 4.74 Å². The molecule has 0 fully saturated rings. The first-order valence-corrected chi connectivity index (χ1v) is 5.61. The Morgan fingerprint density at radius 2 is 1.78 bits per heavy atom. The Morgan fingerprint density at radius 3 is 2.33 bits per heavy atom. The predicted octanol–water partition coefficient (Wildman–Crippen LogP) is 3.37. The monoisotopic (exact) mass is 242 g/mol. The van der Waals surface area contributed by atoms with E-state index >= 15 is 0 Å². The van der Waals surface area contributed by atoms with Crippen molar-refractivity contribution in [3.05, 3.63) is 53.6 Å². The highest BCUT2D eigenvalue weighted by Gasteiger charge is 2.17. The molecule has 3 nitrogen and oxygen atoms in total. The maximum atomic E-state index is 11.2. The summed E-state index contributed by atoms with van der Waals surface area (Å²) >= 11 is 0. The van der Waals surface area contributed by atoms with Gasteiger partial charge in [0.1, 0.15) is 11.3 Å². The minimum Gasteiger partial charge on any atom is -0.495 e. The van der Waals surface area contributed by atoms with Crippen LogP contribution in [0.2, 0.25) is 0 Å². The van der Waals surface area contributed by atoms with Crippen molar-refractivity contribution < 1.29 is 14.6 Å². The number of aryl methyl sites for hydroxylation is 1. The molecular weight excluding hydrogens is 228 g/mol. The Balaban J connectivity index is 2.73. The summed E-state index contributed by atoms with van der Waals surface area (Å²) in [6, 6.07) is 13.0. The zero-order chi connectivity index (χ0) is 13.1. The zero-order valence-corrected chi connectivity index (χ0v) is 10.3. The summed E-state index contributed by atoms with van der Waals surface area (Å²) in [5.41, 5.74) is 2.96. The quantitative estimate of drug-likeness (QED) is 0.897. The third-order valence-electron chi connectivity index (χ3n) is 2.86. The van der Waals surface area contributed by atoms with Crippen molar-refractivity contribution in [3.63, 3.8) is 0 Å². The van der Waals surface area contributed by atoms with E-state index in [4.69, 9.17) is 4.74 Å². The predicted molar refractivity (Wildman–Crippen MR) is 70.1 cm³/mol. The molecule has 18 heavy (non-hydrogen) atoms. The molecule has 0 unspecified atom stereocenters. The molecule has 2 aromatic carbocycles. The number of rotatable bonds is 3. The van der Waals surface area contributed by atoms with Gasteiger partial charge in [0.25, 0.3) is 0 Å². The Hall–Kier alpha value is -2.29. The lowest BCUT2D eigenvalue weighted by atomic mass is 9.96. The second-order valence-electron chi connectivity index (χ2n) is 4.01. The number of ether oxygens (including phenoxy) is 1. The fourth-order valence-electron chi connectivity index (χ4n) is 2.03. The van der Waals surface area contributed by atoms with Crippen LogP contribution in [0, 0.1) is 6.92 Å². The number of aromatic carboxylic acids is 1. The Kier molecular flexibility index (Phi) is 3.33. The molecule has 2 aromatic rings. The molecule has 3 heteroatoms. The van der Waals surface area contributed by atoms with Crippen molar-refractivity contribution in [2.24, 2.45) is 0 Å². The Morgan fingerprint density at radius 1 is 1.11 bits per heavy atom. The summed E-state index contributed by atoms with van der Waals surface area (Å²) < 4.78 is 5.29. The van der Waals surface area contributed by atoms with Crippen molar-refractivity contribution in [2.75, 3.05) is 7.11 Å². The van der Waals surface area contributed by atoms with Gasteiger partial charge in [-0.25, -0.2) is 4.79 Å². The Bertz CT molecular complexity index is 574. The van der Waals surface area contributed by atoms with Crippen LogP contribution in [-0.2, 0) is 0 Å². The molecular formula is C15H14O3. The van der Waals surface area contributed by atoms with E-state index in [1.54, 1.807) is 12.1 Å². The molecule has 0 atom stereocenters. The van der Waals surface area contributed by atoms with Gasteiger partial charge in [0.15, 0.2) is 0 Å². The van der Waals surface area contributed by atoms with Crippen LogP contribution in [0.5, 0.6) is 5.75 Å². The molecule has 0 aliphatic heterocycles. The molecule has 0 saturated heterocycles. The first-order chi connectivity index (χ1) is 8.65. The minimum atomic E-state index is -0.982. The average molecular weight is 242 g/mol. The molecule has 0 aromatic heterocycles. The SMILES string of the molecule is COc1c(C(=O)O)ccc(C)c1-c1ccccc1. The van der Waals surface area contributed by atoms with Gasteiger partial charge in [0.2, 0.25) is 0 Å². The number of hydrogen-bond acceptors (Lipinski definition) is 2. The van der Waals surface area contributed by atoms with E-state index in [9.17, 15) is 9.90 Å². The van der Waals surface area contributed by atoms with Crippen LogP contribution in [0.4, 0.5) is 0 Å². The summed E-state index contributed by atoms with van der Waals surface area (Å²) in [6.45, 7) is 1.94. The van der Waals surface area contributed by atoms with Crippen molar-refractivity contribution >= 4 is 5.97 Å². The summed E-state index contributed by atoms with van der Waals surface area (Å²) in [5.74, 6) is -0.572. The van der Waals surface area contributed by atoms with Gasteiger partial charge in [-0.1, -0.05) is 36.4 Å². The topological polar surface area (TPSA) is 46.5 Å². The van der Waals surface area contributed by atoms with E-state index in [1.165, 1.54) is 7.11 Å². The van der Waals surface area contributed by atoms with Crippen LogP contribution in [0.25, 0.3) is 11.1 Å². The van der Waals surface area contributed by atoms with E-state index < -0.39 is 5.97 Å². The van der Waals surface area contributed by atoms with E-state index in [1.807, 2.05) is 37.3 Å². The molecule has 2 rings (SSSR count). The van der Waals surface area contributed by atoms with Crippen molar-refractivity contribution in [1.82, 2.24) is 0 Å². The highest BCUT2D eigenvalue weighted by atomic mass is 16.5. The van der Waals surface area contributed by atoms with Crippen LogP contribution in [0.3, 0.4) is 0 Å². The van der Waals surface area contributed by atoms with Gasteiger partial charge in [-0.15, -0.1) is 0 Å². The van der Waals surface area contributed by atoms with Crippen LogP contribution in [0.1, 0.15) is 15.9 Å². The van der Waals surface area contributed by atoms with E-state index in [2.05, 4.69) is 0 Å². The molecule has 0 spiro atoms. The van der Waals surface area contributed by atoms with Gasteiger partial charge in [-0.05, 0) is 24.1 Å². The van der Waals surface area contributed by atoms with Crippen molar-refractivity contribution in [1.29, 1.82) is 0 Å². The number of hydrogen-bond donors (Lipinski definition) is 1. The molecule has 0 heterocycles. The molecule has 0 radical (unpaired) electrons. The van der Waals surface area contributed by atoms with Crippen LogP contribution >= 0.6 is 0 Å². The normalized spacial score (nSPS) is 10.1. The maximum absolute atomic E-state index is 11.2. The molecule has 1 N–H and O–H groups in total. The molecule has 92 valence electrons. The van der Waals surface area contributed by atoms with Gasteiger partial charge in [0.05, 0.1) is 7.11 Å². The number of carbonyl (C=O) groups is 1. The van der Waals surface area contributed by atoms with E-state index in [-0.39, 0.29) is 5.56 Å². The second-order valence-corrected chi connectivity index (χ2v) is 4.01. The summed E-state index contributed by atoms with van der Waals surface area (Å²) in [7, 11) is 1.49. The third kappa shape index (κ3) is 2.07. The van der Waals surface area contributed by atoms with Crippen molar-refractivity contribution in [3.8, 4) is 16.9 Å². The third-order valence-corrected chi connectivity index (χ3v) is 2.86. The maximum Gasteiger partial charge on any atom is 0.339 e.